The van der Waals surface area contributed by atoms with Crippen LogP contribution < -0.4 is 15.7 Å². The Kier molecular flexibility index (Phi) is 4.71. The van der Waals surface area contributed by atoms with Gasteiger partial charge in [0.25, 0.3) is 5.91 Å². The molecular weight excluding hydrogens is 278 g/mol. The smallest absolute Gasteiger partial charge is 0.269 e. The Labute approximate surface area is 100 Å². The number of aromatic nitrogens is 1. The predicted octanol–water partition coefficient (Wildman–Crippen LogP) is -0.493. The monoisotopic (exact) mass is 286 g/mol. The molecule has 0 spiro atoms. The summed E-state index contributed by atoms with van der Waals surface area (Å²) in [5.74, 6) is -0.354. The molecule has 0 atom stereocenters. The molecule has 86 valence electrons. The number of halogens is 1. The molecule has 0 aliphatic heterocycles. The zero-order chi connectivity index (χ0) is 12.0. The Morgan fingerprint density at radius 3 is 2.56 bits per heavy atom. The third-order valence-corrected chi connectivity index (χ3v) is 2.11. The SMILES string of the molecule is O=C([O-])NCCNC(=O)c1ccc(Br)cn1. The first-order valence-corrected chi connectivity index (χ1v) is 5.23. The van der Waals surface area contributed by atoms with Crippen molar-refractivity contribution < 1.29 is 14.7 Å². The molecule has 0 aromatic carbocycles. The number of hydrogen-bond acceptors (Lipinski definition) is 4. The van der Waals surface area contributed by atoms with Crippen molar-refractivity contribution in [2.24, 2.45) is 0 Å². The van der Waals surface area contributed by atoms with Crippen LogP contribution >= 0.6 is 15.9 Å². The van der Waals surface area contributed by atoms with Gasteiger partial charge in [-0.25, -0.2) is 4.98 Å². The van der Waals surface area contributed by atoms with Gasteiger partial charge in [-0.3, -0.25) is 4.79 Å². The topological polar surface area (TPSA) is 94.1 Å². The van der Waals surface area contributed by atoms with Gasteiger partial charge in [-0.2, -0.15) is 0 Å². The van der Waals surface area contributed by atoms with Crippen LogP contribution in [0.25, 0.3) is 0 Å². The van der Waals surface area contributed by atoms with Crippen LogP contribution in [0, 0.1) is 0 Å². The molecule has 2 N–H and O–H groups in total. The lowest BCUT2D eigenvalue weighted by Gasteiger charge is -2.07. The van der Waals surface area contributed by atoms with Gasteiger partial charge in [0.15, 0.2) is 0 Å². The van der Waals surface area contributed by atoms with E-state index in [1.165, 1.54) is 6.20 Å². The number of hydrogen-bond donors (Lipinski definition) is 2. The first-order chi connectivity index (χ1) is 7.59. The van der Waals surface area contributed by atoms with Gasteiger partial charge in [-0.1, -0.05) is 0 Å². The standard InChI is InChI=1S/C9H10BrN3O3/c10-6-1-2-7(13-5-6)8(14)11-3-4-12-9(15)16/h1-2,5,12H,3-4H2,(H,11,14)(H,15,16)/p-1. The summed E-state index contributed by atoms with van der Waals surface area (Å²) in [6.07, 6.45) is 0.143. The minimum absolute atomic E-state index is 0.102. The van der Waals surface area contributed by atoms with Gasteiger partial charge >= 0.3 is 0 Å². The zero-order valence-corrected chi connectivity index (χ0v) is 9.78. The number of amides is 2. The van der Waals surface area contributed by atoms with Gasteiger partial charge in [0, 0.05) is 23.8 Å². The molecule has 16 heavy (non-hydrogen) atoms. The molecule has 0 saturated carbocycles. The van der Waals surface area contributed by atoms with Crippen molar-refractivity contribution in [1.82, 2.24) is 15.6 Å². The third-order valence-electron chi connectivity index (χ3n) is 1.64. The van der Waals surface area contributed by atoms with E-state index in [9.17, 15) is 14.7 Å². The summed E-state index contributed by atoms with van der Waals surface area (Å²) >= 11 is 3.20. The van der Waals surface area contributed by atoms with Gasteiger partial charge in [0.05, 0.1) is 0 Å². The first kappa shape index (κ1) is 12.4. The highest BCUT2D eigenvalue weighted by atomic mass is 79.9. The Morgan fingerprint density at radius 2 is 2.00 bits per heavy atom. The Balaban J connectivity index is 2.35. The Morgan fingerprint density at radius 1 is 1.31 bits per heavy atom. The summed E-state index contributed by atoms with van der Waals surface area (Å²) in [5.41, 5.74) is 0.275. The second kappa shape index (κ2) is 6.06. The maximum absolute atomic E-state index is 11.4. The van der Waals surface area contributed by atoms with Crippen LogP contribution in [-0.4, -0.2) is 30.1 Å². The van der Waals surface area contributed by atoms with Crippen molar-refractivity contribution in [2.45, 2.75) is 0 Å². The Bertz CT molecular complexity index is 380. The molecule has 0 fully saturated rings. The van der Waals surface area contributed by atoms with Crippen LogP contribution in [-0.2, 0) is 0 Å². The van der Waals surface area contributed by atoms with Crippen LogP contribution in [0.4, 0.5) is 4.79 Å². The lowest BCUT2D eigenvalue weighted by Crippen LogP contribution is -2.41. The zero-order valence-electron chi connectivity index (χ0n) is 8.20. The maximum atomic E-state index is 11.4. The summed E-state index contributed by atoms with van der Waals surface area (Å²) in [7, 11) is 0. The van der Waals surface area contributed by atoms with Crippen LogP contribution in [0.1, 0.15) is 10.5 Å². The van der Waals surface area contributed by atoms with Crippen LogP contribution in [0.3, 0.4) is 0 Å². The fourth-order valence-electron chi connectivity index (χ4n) is 0.941. The number of carboxylic acid groups (broad SMARTS) is 1. The van der Waals surface area contributed by atoms with E-state index in [-0.39, 0.29) is 24.7 Å². The van der Waals surface area contributed by atoms with E-state index < -0.39 is 6.09 Å². The van der Waals surface area contributed by atoms with Crippen LogP contribution in [0.2, 0.25) is 0 Å². The third kappa shape index (κ3) is 4.26. The number of nitrogens with one attached hydrogen (secondary N) is 2. The number of rotatable bonds is 4. The van der Waals surface area contributed by atoms with E-state index >= 15 is 0 Å². The van der Waals surface area contributed by atoms with Crippen molar-refractivity contribution in [3.8, 4) is 0 Å². The molecule has 0 aliphatic carbocycles. The molecule has 1 rings (SSSR count). The number of pyridine rings is 1. The molecule has 1 aromatic rings. The lowest BCUT2D eigenvalue weighted by molar-refractivity contribution is -0.250. The van der Waals surface area contributed by atoms with Crippen molar-refractivity contribution in [2.75, 3.05) is 13.1 Å². The maximum Gasteiger partial charge on any atom is 0.269 e. The van der Waals surface area contributed by atoms with Gasteiger partial charge in [0.1, 0.15) is 11.8 Å². The molecular formula is C9H9BrN3O3-. The van der Waals surface area contributed by atoms with E-state index in [0.29, 0.717) is 0 Å². The minimum atomic E-state index is -1.36. The van der Waals surface area contributed by atoms with E-state index in [0.717, 1.165) is 4.47 Å². The van der Waals surface area contributed by atoms with E-state index in [2.05, 4.69) is 26.2 Å². The average molecular weight is 287 g/mol. The first-order valence-electron chi connectivity index (χ1n) is 4.44. The normalized spacial score (nSPS) is 9.56. The fourth-order valence-corrected chi connectivity index (χ4v) is 1.18. The number of nitrogens with zero attached hydrogens (tertiary/aromatic N) is 1. The van der Waals surface area contributed by atoms with Crippen LogP contribution in [0.15, 0.2) is 22.8 Å². The highest BCUT2D eigenvalue weighted by Gasteiger charge is 2.05. The average Bonchev–Trinajstić information content (AvgIpc) is 2.25. The fraction of sp³-hybridized carbons (Fsp3) is 0.222. The van der Waals surface area contributed by atoms with Crippen LogP contribution in [0.5, 0.6) is 0 Å². The highest BCUT2D eigenvalue weighted by molar-refractivity contribution is 9.10. The molecule has 7 heteroatoms. The molecule has 0 radical (unpaired) electrons. The second-order valence-corrected chi connectivity index (χ2v) is 3.75. The van der Waals surface area contributed by atoms with Crippen molar-refractivity contribution in [1.29, 1.82) is 0 Å². The molecule has 2 amide bonds. The number of carbonyl (C=O) groups is 2. The molecule has 1 aromatic heterocycles. The highest BCUT2D eigenvalue weighted by Crippen LogP contribution is 2.06. The van der Waals surface area contributed by atoms with Gasteiger partial charge in [0.2, 0.25) is 0 Å². The number of carbonyl (C=O) groups excluding carboxylic acids is 2. The van der Waals surface area contributed by atoms with Crippen molar-refractivity contribution in [3.63, 3.8) is 0 Å². The Hall–Kier alpha value is -1.63. The van der Waals surface area contributed by atoms with Crippen molar-refractivity contribution >= 4 is 27.9 Å². The lowest BCUT2D eigenvalue weighted by atomic mass is 10.3. The molecule has 0 saturated heterocycles. The van der Waals surface area contributed by atoms with Crippen molar-refractivity contribution in [3.05, 3.63) is 28.5 Å². The summed E-state index contributed by atoms with van der Waals surface area (Å²) in [6, 6.07) is 3.26. The summed E-state index contributed by atoms with van der Waals surface area (Å²) < 4.78 is 0.780. The van der Waals surface area contributed by atoms with Gasteiger partial charge in [-0.05, 0) is 28.1 Å². The summed E-state index contributed by atoms with van der Waals surface area (Å²) in [4.78, 5) is 25.3. The molecule has 6 nitrogen and oxygen atoms in total. The summed E-state index contributed by atoms with van der Waals surface area (Å²) in [5, 5.41) is 14.5. The van der Waals surface area contributed by atoms with E-state index in [1.807, 2.05) is 5.32 Å². The molecule has 1 heterocycles. The van der Waals surface area contributed by atoms with Gasteiger partial charge < -0.3 is 20.5 Å². The molecule has 0 unspecified atom stereocenters. The second-order valence-electron chi connectivity index (χ2n) is 2.83. The van der Waals surface area contributed by atoms with Gasteiger partial charge in [-0.15, -0.1) is 0 Å². The summed E-state index contributed by atoms with van der Waals surface area (Å²) in [6.45, 7) is 0.287. The minimum Gasteiger partial charge on any atom is -0.530 e. The largest absolute Gasteiger partial charge is 0.530 e. The van der Waals surface area contributed by atoms with E-state index in [4.69, 9.17) is 0 Å². The van der Waals surface area contributed by atoms with E-state index in [1.54, 1.807) is 12.1 Å². The predicted molar refractivity (Wildman–Crippen MR) is 57.7 cm³/mol. The molecule has 0 bridgehead atoms. The quantitative estimate of drug-likeness (QED) is 0.730. The molecule has 0 aliphatic rings.